The number of carbonyl (C=O) groups excluding carboxylic acids is 1. The third-order valence-corrected chi connectivity index (χ3v) is 1.16. The molecule has 0 aromatic rings. The van der Waals surface area contributed by atoms with Crippen LogP contribution in [0.3, 0.4) is 0 Å². The van der Waals surface area contributed by atoms with Crippen molar-refractivity contribution in [3.05, 3.63) is 0 Å². The monoisotopic (exact) mass is 172 g/mol. The molecule has 2 nitrogen and oxygen atoms in total. The Labute approximate surface area is 71.0 Å². The molecule has 1 rings (SSSR count). The summed E-state index contributed by atoms with van der Waals surface area (Å²) in [5.41, 5.74) is 0. The first kappa shape index (κ1) is 10.8. The number of ketones is 1. The molecule has 1 saturated heterocycles. The second-order valence-corrected chi connectivity index (χ2v) is 6.29. The molecule has 0 aliphatic carbocycles. The van der Waals surface area contributed by atoms with Crippen LogP contribution in [0.15, 0.2) is 0 Å². The molecular weight excluding hydrogens is 154 g/mol. The van der Waals surface area contributed by atoms with Gasteiger partial charge in [-0.1, -0.05) is 19.6 Å². The van der Waals surface area contributed by atoms with Gasteiger partial charge in [-0.3, -0.25) is 4.79 Å². The molecule has 1 aliphatic heterocycles. The highest BCUT2D eigenvalue weighted by molar-refractivity contribution is 6.54. The van der Waals surface area contributed by atoms with Crippen LogP contribution in [-0.4, -0.2) is 27.7 Å². The van der Waals surface area contributed by atoms with Crippen LogP contribution in [0.1, 0.15) is 12.8 Å². The molecule has 1 fully saturated rings. The van der Waals surface area contributed by atoms with Crippen molar-refractivity contribution in [1.29, 1.82) is 0 Å². The molecule has 0 atom stereocenters. The van der Waals surface area contributed by atoms with E-state index in [9.17, 15) is 4.79 Å². The van der Waals surface area contributed by atoms with Crippen molar-refractivity contribution >= 4 is 14.6 Å². The number of rotatable bonds is 0. The van der Waals surface area contributed by atoms with Crippen molar-refractivity contribution < 1.29 is 4.79 Å². The Kier molecular flexibility index (Phi) is 6.46. The third-order valence-electron chi connectivity index (χ3n) is 1.16. The number of hydrogen-bond donors (Lipinski definition) is 1. The molecular formula is C8H18NOSi. The molecule has 0 spiro atoms. The van der Waals surface area contributed by atoms with E-state index in [4.69, 9.17) is 0 Å². The van der Waals surface area contributed by atoms with Crippen LogP contribution in [0.4, 0.5) is 0 Å². The maximum atomic E-state index is 10.4. The van der Waals surface area contributed by atoms with Gasteiger partial charge >= 0.3 is 0 Å². The van der Waals surface area contributed by atoms with E-state index < -0.39 is 0 Å². The topological polar surface area (TPSA) is 29.1 Å². The van der Waals surface area contributed by atoms with E-state index in [0.29, 0.717) is 5.78 Å². The number of Topliss-reactive ketones (excluding diaryl/α,β-unsaturated/α-hetero) is 1. The van der Waals surface area contributed by atoms with Gasteiger partial charge in [0, 0.05) is 34.7 Å². The first-order valence-corrected chi connectivity index (χ1v) is 7.12. The summed E-state index contributed by atoms with van der Waals surface area (Å²) in [6, 6.07) is 0. The van der Waals surface area contributed by atoms with E-state index in [-0.39, 0.29) is 8.80 Å². The molecule has 3 heteroatoms. The van der Waals surface area contributed by atoms with Crippen LogP contribution in [0, 0.1) is 0 Å². The maximum absolute atomic E-state index is 10.4. The minimum Gasteiger partial charge on any atom is -0.316 e. The fourth-order valence-corrected chi connectivity index (χ4v) is 0.706. The lowest BCUT2D eigenvalue weighted by Crippen LogP contribution is -2.27. The van der Waals surface area contributed by atoms with Crippen LogP contribution in [0.25, 0.3) is 0 Å². The normalized spacial score (nSPS) is 17.6. The molecule has 0 aromatic carbocycles. The molecule has 1 radical (unpaired) electrons. The van der Waals surface area contributed by atoms with Gasteiger partial charge in [-0.05, 0) is 0 Å². The molecule has 0 bridgehead atoms. The summed E-state index contributed by atoms with van der Waals surface area (Å²) in [6.07, 6.45) is 1.47. The standard InChI is InChI=1S/C5H9NO.C3H9Si/c7-5-1-3-6-4-2-5;1-4(2)3/h6H,1-4H2;1-3H3. The lowest BCUT2D eigenvalue weighted by Gasteiger charge is -2.08. The second-order valence-electron chi connectivity index (χ2n) is 3.29. The highest BCUT2D eigenvalue weighted by Crippen LogP contribution is 1.91. The summed E-state index contributed by atoms with van der Waals surface area (Å²) in [4.78, 5) is 10.4. The van der Waals surface area contributed by atoms with E-state index in [1.54, 1.807) is 0 Å². The molecule has 1 aliphatic rings. The average Bonchev–Trinajstić information content (AvgIpc) is 1.87. The predicted octanol–water partition coefficient (Wildman–Crippen LogP) is 1.31. The Morgan fingerprint density at radius 2 is 1.55 bits per heavy atom. The fraction of sp³-hybridized carbons (Fsp3) is 0.875. The predicted molar refractivity (Wildman–Crippen MR) is 50.5 cm³/mol. The van der Waals surface area contributed by atoms with Gasteiger partial charge in [0.2, 0.25) is 0 Å². The Morgan fingerprint density at radius 1 is 1.18 bits per heavy atom. The molecule has 0 saturated carbocycles. The van der Waals surface area contributed by atoms with Gasteiger partial charge in [-0.2, -0.15) is 0 Å². The van der Waals surface area contributed by atoms with Crippen LogP contribution in [0.5, 0.6) is 0 Å². The van der Waals surface area contributed by atoms with Gasteiger partial charge in [0.15, 0.2) is 0 Å². The fourth-order valence-electron chi connectivity index (χ4n) is 0.706. The van der Waals surface area contributed by atoms with Gasteiger partial charge in [0.05, 0.1) is 0 Å². The zero-order valence-corrected chi connectivity index (χ0v) is 8.74. The Hall–Kier alpha value is -0.153. The largest absolute Gasteiger partial charge is 0.316 e. The van der Waals surface area contributed by atoms with Crippen molar-refractivity contribution in [3.8, 4) is 0 Å². The van der Waals surface area contributed by atoms with E-state index in [1.165, 1.54) is 0 Å². The summed E-state index contributed by atoms with van der Waals surface area (Å²) in [6.45, 7) is 8.58. The summed E-state index contributed by atoms with van der Waals surface area (Å²) in [7, 11) is 0.120. The lowest BCUT2D eigenvalue weighted by molar-refractivity contribution is -0.119. The van der Waals surface area contributed by atoms with E-state index in [1.807, 2.05) is 0 Å². The number of piperidine rings is 1. The second kappa shape index (κ2) is 6.55. The van der Waals surface area contributed by atoms with Gasteiger partial charge in [0.1, 0.15) is 5.78 Å². The van der Waals surface area contributed by atoms with Gasteiger partial charge in [0.25, 0.3) is 0 Å². The molecule has 11 heavy (non-hydrogen) atoms. The van der Waals surface area contributed by atoms with E-state index in [0.717, 1.165) is 25.9 Å². The van der Waals surface area contributed by atoms with Crippen LogP contribution in [0.2, 0.25) is 19.6 Å². The zero-order valence-electron chi connectivity index (χ0n) is 7.74. The number of hydrogen-bond acceptors (Lipinski definition) is 2. The Balaban J connectivity index is 0.000000218. The average molecular weight is 172 g/mol. The third kappa shape index (κ3) is 9.85. The summed E-state index contributed by atoms with van der Waals surface area (Å²) >= 11 is 0. The van der Waals surface area contributed by atoms with Crippen molar-refractivity contribution in [1.82, 2.24) is 5.32 Å². The molecule has 0 unspecified atom stereocenters. The van der Waals surface area contributed by atoms with Gasteiger partial charge in [-0.15, -0.1) is 0 Å². The quantitative estimate of drug-likeness (QED) is 0.558. The Bertz CT molecular complexity index is 104. The lowest BCUT2D eigenvalue weighted by atomic mass is 10.1. The van der Waals surface area contributed by atoms with E-state index in [2.05, 4.69) is 25.0 Å². The number of carbonyl (C=O) groups is 1. The molecule has 65 valence electrons. The highest BCUT2D eigenvalue weighted by Gasteiger charge is 2.04. The SMILES string of the molecule is C[Si](C)C.O=C1CCNCC1. The maximum Gasteiger partial charge on any atom is 0.135 e. The summed E-state index contributed by atoms with van der Waals surface area (Å²) < 4.78 is 0. The summed E-state index contributed by atoms with van der Waals surface area (Å²) in [5, 5.41) is 3.09. The zero-order chi connectivity index (χ0) is 8.69. The Morgan fingerprint density at radius 3 is 1.73 bits per heavy atom. The first-order valence-electron chi connectivity index (χ1n) is 4.12. The van der Waals surface area contributed by atoms with Gasteiger partial charge < -0.3 is 5.32 Å². The highest BCUT2D eigenvalue weighted by atomic mass is 28.3. The van der Waals surface area contributed by atoms with Crippen molar-refractivity contribution in [2.24, 2.45) is 0 Å². The van der Waals surface area contributed by atoms with Crippen LogP contribution >= 0.6 is 0 Å². The first-order chi connectivity index (χ1) is 5.13. The molecule has 1 heterocycles. The van der Waals surface area contributed by atoms with Gasteiger partial charge in [-0.25, -0.2) is 0 Å². The van der Waals surface area contributed by atoms with E-state index >= 15 is 0 Å². The summed E-state index contributed by atoms with van der Waals surface area (Å²) in [5.74, 6) is 0.402. The minimum atomic E-state index is 0.120. The van der Waals surface area contributed by atoms with Crippen molar-refractivity contribution in [3.63, 3.8) is 0 Å². The molecule has 0 aromatic heterocycles. The van der Waals surface area contributed by atoms with Crippen molar-refractivity contribution in [2.45, 2.75) is 32.5 Å². The van der Waals surface area contributed by atoms with Crippen LogP contribution < -0.4 is 5.32 Å². The van der Waals surface area contributed by atoms with Crippen LogP contribution in [-0.2, 0) is 4.79 Å². The molecule has 0 amide bonds. The minimum absolute atomic E-state index is 0.120. The molecule has 1 N–H and O–H groups in total. The number of nitrogens with one attached hydrogen (secondary N) is 1. The smallest absolute Gasteiger partial charge is 0.135 e. The van der Waals surface area contributed by atoms with Crippen molar-refractivity contribution in [2.75, 3.05) is 13.1 Å².